The lowest BCUT2D eigenvalue weighted by Gasteiger charge is -2.22. The van der Waals surface area contributed by atoms with Crippen LogP contribution < -0.4 is 5.32 Å². The molecule has 1 N–H and O–H groups in total. The number of furan rings is 1. The average Bonchev–Trinajstić information content (AvgIpc) is 3.22. The second kappa shape index (κ2) is 6.50. The Morgan fingerprint density at radius 2 is 2.00 bits per heavy atom. The monoisotopic (exact) mass is 362 g/mol. The Morgan fingerprint density at radius 3 is 2.65 bits per heavy atom. The number of nitrogens with one attached hydrogen (secondary N) is 1. The van der Waals surface area contributed by atoms with Crippen molar-refractivity contribution in [3.8, 4) is 17.5 Å². The summed E-state index contributed by atoms with van der Waals surface area (Å²) in [5.74, 6) is 1.75. The maximum atomic E-state index is 9.76. The summed E-state index contributed by atoms with van der Waals surface area (Å²) in [5.41, 5.74) is 2.03. The van der Waals surface area contributed by atoms with Gasteiger partial charge in [0, 0.05) is 4.90 Å². The number of hydrogen-bond acceptors (Lipinski definition) is 6. The first-order chi connectivity index (χ1) is 12.7. The highest BCUT2D eigenvalue weighted by Crippen LogP contribution is 2.51. The molecule has 2 aromatic heterocycles. The molecule has 0 spiro atoms. The Kier molecular flexibility index (Phi) is 4.17. The van der Waals surface area contributed by atoms with E-state index < -0.39 is 0 Å². The Balaban J connectivity index is 1.79. The minimum atomic E-state index is -0.174. The number of aromatic nitrogens is 2. The lowest BCUT2D eigenvalue weighted by atomic mass is 10.0. The predicted octanol–water partition coefficient (Wildman–Crippen LogP) is 4.74. The summed E-state index contributed by atoms with van der Waals surface area (Å²) in [5, 5.41) is 13.3. The Hall–Kier alpha value is -2.78. The van der Waals surface area contributed by atoms with Crippen molar-refractivity contribution in [3.05, 3.63) is 59.6 Å². The smallest absolute Gasteiger partial charge is 0.153 e. The Labute approximate surface area is 156 Å². The van der Waals surface area contributed by atoms with Gasteiger partial charge < -0.3 is 9.73 Å². The van der Waals surface area contributed by atoms with Crippen LogP contribution in [0, 0.1) is 18.3 Å². The third-order valence-electron chi connectivity index (χ3n) is 4.62. The molecule has 6 heteroatoms. The van der Waals surface area contributed by atoms with E-state index in [2.05, 4.69) is 51.9 Å². The molecule has 1 aliphatic carbocycles. The molecular formula is C20H18N4OS. The summed E-state index contributed by atoms with van der Waals surface area (Å²) in [6, 6.07) is 14.2. The number of hydrogen-bond donors (Lipinski definition) is 1. The van der Waals surface area contributed by atoms with Crippen LogP contribution >= 0.6 is 11.8 Å². The van der Waals surface area contributed by atoms with Crippen LogP contribution in [0.5, 0.6) is 0 Å². The van der Waals surface area contributed by atoms with E-state index in [9.17, 15) is 5.26 Å². The van der Waals surface area contributed by atoms with E-state index in [0.717, 1.165) is 12.8 Å². The molecule has 26 heavy (non-hydrogen) atoms. The van der Waals surface area contributed by atoms with E-state index in [0.29, 0.717) is 28.7 Å². The van der Waals surface area contributed by atoms with Gasteiger partial charge in [-0.25, -0.2) is 9.97 Å². The maximum Gasteiger partial charge on any atom is 0.153 e. The summed E-state index contributed by atoms with van der Waals surface area (Å²) in [4.78, 5) is 10.2. The molecule has 5 nitrogen and oxygen atoms in total. The van der Waals surface area contributed by atoms with Crippen molar-refractivity contribution in [2.45, 2.75) is 30.2 Å². The third kappa shape index (κ3) is 2.85. The number of aryl methyl sites for hydroxylation is 1. The average molecular weight is 362 g/mol. The molecule has 0 atom stereocenters. The second-order valence-corrected chi connectivity index (χ2v) is 7.19. The fraction of sp³-hybridized carbons (Fsp3) is 0.250. The van der Waals surface area contributed by atoms with Gasteiger partial charge in [0.1, 0.15) is 29.0 Å². The molecule has 0 radical (unpaired) electrons. The molecule has 0 bridgehead atoms. The summed E-state index contributed by atoms with van der Waals surface area (Å²) < 4.78 is 5.47. The van der Waals surface area contributed by atoms with Gasteiger partial charge in [0.2, 0.25) is 0 Å². The summed E-state index contributed by atoms with van der Waals surface area (Å²) in [6.07, 6.45) is 5.68. The molecule has 0 saturated heterocycles. The molecule has 4 rings (SSSR count). The van der Waals surface area contributed by atoms with Crippen LogP contribution in [0.4, 0.5) is 5.82 Å². The molecule has 0 aliphatic heterocycles. The van der Waals surface area contributed by atoms with E-state index in [4.69, 9.17) is 4.42 Å². The maximum absolute atomic E-state index is 9.76. The first-order valence-corrected chi connectivity index (χ1v) is 9.63. The number of rotatable bonds is 5. The van der Waals surface area contributed by atoms with Crippen LogP contribution in [0.15, 0.2) is 52.0 Å². The van der Waals surface area contributed by atoms with Gasteiger partial charge in [0.25, 0.3) is 0 Å². The Bertz CT molecular complexity index is 988. The van der Waals surface area contributed by atoms with Crippen molar-refractivity contribution in [2.24, 2.45) is 0 Å². The number of benzene rings is 1. The van der Waals surface area contributed by atoms with Crippen molar-refractivity contribution >= 4 is 17.6 Å². The molecule has 2 heterocycles. The van der Waals surface area contributed by atoms with E-state index in [1.165, 1.54) is 10.5 Å². The van der Waals surface area contributed by atoms with Crippen LogP contribution in [-0.4, -0.2) is 16.2 Å². The van der Waals surface area contributed by atoms with Gasteiger partial charge in [-0.3, -0.25) is 0 Å². The molecule has 1 aliphatic rings. The van der Waals surface area contributed by atoms with Gasteiger partial charge in [-0.1, -0.05) is 18.2 Å². The molecule has 1 saturated carbocycles. The lowest BCUT2D eigenvalue weighted by Crippen LogP contribution is -2.22. The molecule has 1 aromatic carbocycles. The van der Waals surface area contributed by atoms with Gasteiger partial charge in [0.05, 0.1) is 11.8 Å². The number of nitrogens with zero attached hydrogens (tertiary/aromatic N) is 3. The fourth-order valence-corrected chi connectivity index (χ4v) is 3.91. The zero-order valence-electron chi connectivity index (χ0n) is 14.6. The van der Waals surface area contributed by atoms with E-state index >= 15 is 0 Å². The van der Waals surface area contributed by atoms with Crippen LogP contribution in [0.3, 0.4) is 0 Å². The topological polar surface area (TPSA) is 74.7 Å². The fourth-order valence-electron chi connectivity index (χ4n) is 3.21. The molecule has 0 amide bonds. The summed E-state index contributed by atoms with van der Waals surface area (Å²) in [7, 11) is 0. The first kappa shape index (κ1) is 16.7. The SMILES string of the molecule is CSc1ccccc1C1(Nc2nc(C)nc(-c3ccco3)c2C#N)CC1. The standard InChI is InChI=1S/C20H18N4OS/c1-13-22-18(16-7-5-11-25-16)14(12-21)19(23-13)24-20(9-10-20)15-6-3-4-8-17(15)26-2/h3-8,11H,9-10H2,1-2H3,(H,22,23,24). The van der Waals surface area contributed by atoms with E-state index in [-0.39, 0.29) is 5.54 Å². The van der Waals surface area contributed by atoms with Gasteiger partial charge in [-0.2, -0.15) is 5.26 Å². The quantitative estimate of drug-likeness (QED) is 0.661. The van der Waals surface area contributed by atoms with Crippen molar-refractivity contribution in [3.63, 3.8) is 0 Å². The zero-order valence-corrected chi connectivity index (χ0v) is 15.4. The second-order valence-electron chi connectivity index (χ2n) is 6.34. The Morgan fingerprint density at radius 1 is 1.19 bits per heavy atom. The van der Waals surface area contributed by atoms with Crippen LogP contribution in [0.25, 0.3) is 11.5 Å². The minimum absolute atomic E-state index is 0.174. The van der Waals surface area contributed by atoms with Gasteiger partial charge in [0.15, 0.2) is 5.76 Å². The normalized spacial score (nSPS) is 14.7. The van der Waals surface area contributed by atoms with Crippen molar-refractivity contribution in [2.75, 3.05) is 11.6 Å². The van der Waals surface area contributed by atoms with Crippen molar-refractivity contribution < 1.29 is 4.42 Å². The van der Waals surface area contributed by atoms with Crippen LogP contribution in [-0.2, 0) is 5.54 Å². The summed E-state index contributed by atoms with van der Waals surface area (Å²) >= 11 is 1.73. The number of nitriles is 1. The van der Waals surface area contributed by atoms with Crippen LogP contribution in [0.1, 0.15) is 29.8 Å². The third-order valence-corrected chi connectivity index (χ3v) is 5.41. The molecular weight excluding hydrogens is 344 g/mol. The van der Waals surface area contributed by atoms with Crippen molar-refractivity contribution in [1.29, 1.82) is 5.26 Å². The highest BCUT2D eigenvalue weighted by molar-refractivity contribution is 7.98. The molecule has 3 aromatic rings. The molecule has 130 valence electrons. The molecule has 1 fully saturated rings. The zero-order chi connectivity index (χ0) is 18.1. The largest absolute Gasteiger partial charge is 0.463 e. The molecule has 0 unspecified atom stereocenters. The first-order valence-electron chi connectivity index (χ1n) is 8.41. The van der Waals surface area contributed by atoms with E-state index in [1.54, 1.807) is 24.1 Å². The highest BCUT2D eigenvalue weighted by atomic mass is 32.2. The highest BCUT2D eigenvalue weighted by Gasteiger charge is 2.46. The van der Waals surface area contributed by atoms with Crippen LogP contribution in [0.2, 0.25) is 0 Å². The minimum Gasteiger partial charge on any atom is -0.463 e. The number of anilines is 1. The number of thioether (sulfide) groups is 1. The van der Waals surface area contributed by atoms with E-state index in [1.807, 2.05) is 13.0 Å². The van der Waals surface area contributed by atoms with Gasteiger partial charge in [-0.05, 0) is 49.8 Å². The summed E-state index contributed by atoms with van der Waals surface area (Å²) in [6.45, 7) is 1.83. The van der Waals surface area contributed by atoms with Crippen molar-refractivity contribution in [1.82, 2.24) is 9.97 Å². The lowest BCUT2D eigenvalue weighted by molar-refractivity contribution is 0.579. The van der Waals surface area contributed by atoms with Gasteiger partial charge in [-0.15, -0.1) is 11.8 Å². The van der Waals surface area contributed by atoms with Gasteiger partial charge >= 0.3 is 0 Å². The predicted molar refractivity (Wildman–Crippen MR) is 102 cm³/mol.